The van der Waals surface area contributed by atoms with Gasteiger partial charge in [0.2, 0.25) is 5.91 Å². The molecule has 0 aromatic carbocycles. The van der Waals surface area contributed by atoms with Gasteiger partial charge in [-0.25, -0.2) is 0 Å². The minimum Gasteiger partial charge on any atom is -0.466 e. The maximum Gasteiger partial charge on any atom is 0.305 e. The lowest BCUT2D eigenvalue weighted by Crippen LogP contribution is -2.60. The number of aliphatic hydroxyl groups is 5. The Morgan fingerprint density at radius 2 is 0.770 bits per heavy atom. The lowest BCUT2D eigenvalue weighted by atomic mass is 9.99. The van der Waals surface area contributed by atoms with Crippen molar-refractivity contribution in [3.8, 4) is 0 Å². The molecule has 0 radical (unpaired) electrons. The highest BCUT2D eigenvalue weighted by Gasteiger charge is 2.44. The molecule has 87 heavy (non-hydrogen) atoms. The summed E-state index contributed by atoms with van der Waals surface area (Å²) >= 11 is 0. The molecule has 1 rings (SSSR count). The first kappa shape index (κ1) is 82.9. The van der Waals surface area contributed by atoms with Gasteiger partial charge in [0.25, 0.3) is 0 Å². The van der Waals surface area contributed by atoms with Crippen LogP contribution in [-0.4, -0.2) is 100 Å². The second-order valence-corrected chi connectivity index (χ2v) is 26.4. The summed E-state index contributed by atoms with van der Waals surface area (Å²) in [5.41, 5.74) is 0. The molecule has 7 atom stereocenters. The maximum atomic E-state index is 13.0. The number of nitrogens with one attached hydrogen (secondary N) is 1. The molecule has 1 fully saturated rings. The van der Waals surface area contributed by atoms with E-state index in [0.29, 0.717) is 19.4 Å². The number of rotatable bonds is 67. The van der Waals surface area contributed by atoms with Crippen LogP contribution in [0.25, 0.3) is 0 Å². The van der Waals surface area contributed by atoms with E-state index in [9.17, 15) is 35.1 Å². The van der Waals surface area contributed by atoms with Crippen molar-refractivity contribution in [1.29, 1.82) is 0 Å². The molecule has 0 bridgehead atoms. The number of carbonyl (C=O) groups is 2. The van der Waals surface area contributed by atoms with E-state index in [1.165, 1.54) is 289 Å². The Balaban J connectivity index is 1.90. The number of amides is 1. The van der Waals surface area contributed by atoms with Crippen LogP contribution in [0.5, 0.6) is 0 Å². The molecule has 0 aromatic rings. The first-order chi connectivity index (χ1) is 42.7. The van der Waals surface area contributed by atoms with Crippen LogP contribution in [0.1, 0.15) is 373 Å². The first-order valence-corrected chi connectivity index (χ1v) is 37.8. The Kier molecular flexibility index (Phi) is 62.3. The average Bonchev–Trinajstić information content (AvgIpc) is 3.72. The van der Waals surface area contributed by atoms with Crippen molar-refractivity contribution in [3.05, 3.63) is 36.5 Å². The number of esters is 1. The highest BCUT2D eigenvalue weighted by Crippen LogP contribution is 2.24. The summed E-state index contributed by atoms with van der Waals surface area (Å²) in [6, 6.07) is -0.807. The van der Waals surface area contributed by atoms with Gasteiger partial charge in [0.1, 0.15) is 24.4 Å². The molecule has 7 unspecified atom stereocenters. The van der Waals surface area contributed by atoms with E-state index in [1.807, 2.05) is 6.08 Å². The first-order valence-electron chi connectivity index (χ1n) is 37.8. The summed E-state index contributed by atoms with van der Waals surface area (Å²) in [6.07, 6.45) is 74.6. The molecule has 0 saturated carbocycles. The molecule has 512 valence electrons. The van der Waals surface area contributed by atoms with Crippen molar-refractivity contribution in [2.75, 3.05) is 19.8 Å². The van der Waals surface area contributed by atoms with E-state index < -0.39 is 49.5 Å². The molecule has 0 spiro atoms. The van der Waals surface area contributed by atoms with Gasteiger partial charge in [-0.15, -0.1) is 0 Å². The zero-order valence-corrected chi connectivity index (χ0v) is 57.0. The molecule has 1 amide bonds. The molecule has 1 heterocycles. The second-order valence-electron chi connectivity index (χ2n) is 26.4. The maximum absolute atomic E-state index is 13.0. The van der Waals surface area contributed by atoms with Gasteiger partial charge in [-0.2, -0.15) is 0 Å². The monoisotopic (exact) mass is 1230 g/mol. The van der Waals surface area contributed by atoms with Crippen molar-refractivity contribution in [3.63, 3.8) is 0 Å². The number of allylic oxidation sites excluding steroid dienone is 5. The number of hydrogen-bond donors (Lipinski definition) is 6. The Labute approximate surface area is 536 Å². The highest BCUT2D eigenvalue weighted by atomic mass is 16.7. The summed E-state index contributed by atoms with van der Waals surface area (Å²) < 4.78 is 16.7. The summed E-state index contributed by atoms with van der Waals surface area (Å²) in [4.78, 5) is 25.1. The third-order valence-electron chi connectivity index (χ3n) is 18.0. The molecule has 6 N–H and O–H groups in total. The van der Waals surface area contributed by atoms with Gasteiger partial charge in [-0.3, -0.25) is 9.59 Å². The normalized spacial score (nSPS) is 18.0. The van der Waals surface area contributed by atoms with Crippen LogP contribution in [-0.2, 0) is 23.8 Å². The van der Waals surface area contributed by atoms with Crippen LogP contribution in [0, 0.1) is 0 Å². The summed E-state index contributed by atoms with van der Waals surface area (Å²) in [6.45, 7) is 4.36. The van der Waals surface area contributed by atoms with Gasteiger partial charge in [-0.1, -0.05) is 333 Å². The number of aliphatic hydroxyl groups excluding tert-OH is 5. The van der Waals surface area contributed by atoms with E-state index in [1.54, 1.807) is 6.08 Å². The molecule has 0 aromatic heterocycles. The number of carbonyl (C=O) groups excluding carboxylic acids is 2. The molecular formula is C76H143NO10. The molecule has 1 aliphatic rings. The fourth-order valence-corrected chi connectivity index (χ4v) is 12.1. The molecule has 0 aliphatic carbocycles. The third-order valence-corrected chi connectivity index (χ3v) is 18.0. The number of ether oxygens (including phenoxy) is 3. The summed E-state index contributed by atoms with van der Waals surface area (Å²) in [5.74, 6) is -0.165. The minimum absolute atomic E-state index is 0.0137. The lowest BCUT2D eigenvalue weighted by Gasteiger charge is -2.40. The van der Waals surface area contributed by atoms with Crippen molar-refractivity contribution < 1.29 is 49.3 Å². The largest absolute Gasteiger partial charge is 0.466 e. The van der Waals surface area contributed by atoms with Gasteiger partial charge >= 0.3 is 5.97 Å². The smallest absolute Gasteiger partial charge is 0.305 e. The zero-order valence-electron chi connectivity index (χ0n) is 57.0. The predicted molar refractivity (Wildman–Crippen MR) is 366 cm³/mol. The average molecular weight is 1230 g/mol. The van der Waals surface area contributed by atoms with Crippen LogP contribution in [0.3, 0.4) is 0 Å². The topological polar surface area (TPSA) is 175 Å². The van der Waals surface area contributed by atoms with Gasteiger partial charge in [0.05, 0.1) is 32.0 Å². The third kappa shape index (κ3) is 54.2. The van der Waals surface area contributed by atoms with E-state index in [2.05, 4.69) is 43.5 Å². The molecule has 1 aliphatic heterocycles. The van der Waals surface area contributed by atoms with Crippen molar-refractivity contribution in [2.45, 2.75) is 416 Å². The fraction of sp³-hybridized carbons (Fsp3) is 0.895. The molecular weight excluding hydrogens is 1090 g/mol. The van der Waals surface area contributed by atoms with Crippen LogP contribution in [0.15, 0.2) is 36.5 Å². The van der Waals surface area contributed by atoms with E-state index in [4.69, 9.17) is 14.2 Å². The predicted octanol–water partition coefficient (Wildman–Crippen LogP) is 19.7. The van der Waals surface area contributed by atoms with Gasteiger partial charge in [-0.05, 0) is 64.2 Å². The highest BCUT2D eigenvalue weighted by molar-refractivity contribution is 5.76. The quantitative estimate of drug-likeness (QED) is 0.0195. The van der Waals surface area contributed by atoms with Crippen molar-refractivity contribution in [2.24, 2.45) is 0 Å². The Bertz CT molecular complexity index is 1540. The minimum atomic E-state index is -1.57. The standard InChI is InChI=1S/C76H143NO10/c1-3-5-7-9-11-13-15-44-48-52-56-60-64-72(81)85-65-61-57-53-49-45-42-40-38-36-34-32-30-28-26-24-22-20-18-16-17-19-21-23-25-27-29-31-33-35-37-39-41-43-47-51-55-59-63-71(80)77-68(67-86-76-75(84)74(83)73(82)70(66-78)87-76)69(79)62-58-54-50-46-14-12-10-8-6-4-2/h16,18,22,24,58,62,68-70,73-76,78-79,82-84H,3-15,17,19-21,23,25-57,59-61,63-67H2,1-2H3,(H,77,80)/b18-16-,24-22-,62-58+. The van der Waals surface area contributed by atoms with E-state index in [-0.39, 0.29) is 18.5 Å². The summed E-state index contributed by atoms with van der Waals surface area (Å²) in [7, 11) is 0. The van der Waals surface area contributed by atoms with Crippen molar-refractivity contribution >= 4 is 11.9 Å². The molecule has 1 saturated heterocycles. The van der Waals surface area contributed by atoms with E-state index >= 15 is 0 Å². The summed E-state index contributed by atoms with van der Waals surface area (Å²) in [5, 5.41) is 54.4. The zero-order chi connectivity index (χ0) is 63.0. The van der Waals surface area contributed by atoms with Crippen LogP contribution in [0.4, 0.5) is 0 Å². The Hall–Kier alpha value is -2.12. The van der Waals surface area contributed by atoms with Gasteiger partial charge in [0, 0.05) is 12.8 Å². The lowest BCUT2D eigenvalue weighted by molar-refractivity contribution is -0.302. The van der Waals surface area contributed by atoms with Gasteiger partial charge in [0.15, 0.2) is 6.29 Å². The van der Waals surface area contributed by atoms with Crippen molar-refractivity contribution in [1.82, 2.24) is 5.32 Å². The molecule has 11 heteroatoms. The van der Waals surface area contributed by atoms with Crippen LogP contribution in [0.2, 0.25) is 0 Å². The van der Waals surface area contributed by atoms with Crippen LogP contribution >= 0.6 is 0 Å². The SMILES string of the molecule is CCCCCCCCCC/C=C/C(O)C(COC1OC(CO)C(O)C(O)C1O)NC(=O)CCCCCCCCCCCCCCCCCCC/C=C\C/C=C\CCCCCCCCCCCCCCCOC(=O)CCCCCCCCCCCCCC. The van der Waals surface area contributed by atoms with Gasteiger partial charge < -0.3 is 45.1 Å². The van der Waals surface area contributed by atoms with E-state index in [0.717, 1.165) is 57.8 Å². The Morgan fingerprint density at radius 1 is 0.425 bits per heavy atom. The van der Waals surface area contributed by atoms with Crippen LogP contribution < -0.4 is 5.32 Å². The number of hydrogen-bond acceptors (Lipinski definition) is 10. The molecule has 11 nitrogen and oxygen atoms in total. The fourth-order valence-electron chi connectivity index (χ4n) is 12.1. The number of unbranched alkanes of at least 4 members (excludes halogenated alkanes) is 49. The second kappa shape index (κ2) is 65.4. The Morgan fingerprint density at radius 3 is 1.16 bits per heavy atom.